The third kappa shape index (κ3) is 3.18. The van der Waals surface area contributed by atoms with Gasteiger partial charge in [0.15, 0.2) is 0 Å². The lowest BCUT2D eigenvalue weighted by Crippen LogP contribution is -2.49. The van der Waals surface area contributed by atoms with Gasteiger partial charge < -0.3 is 9.64 Å². The second-order valence-corrected chi connectivity index (χ2v) is 6.57. The molecule has 1 atom stereocenters. The van der Waals surface area contributed by atoms with Gasteiger partial charge in [-0.2, -0.15) is 0 Å². The summed E-state index contributed by atoms with van der Waals surface area (Å²) in [5.74, 6) is 0.00834. The van der Waals surface area contributed by atoms with Crippen LogP contribution in [0.4, 0.5) is 0 Å². The predicted molar refractivity (Wildman–Crippen MR) is 84.8 cm³/mol. The first-order chi connectivity index (χ1) is 9.78. The van der Waals surface area contributed by atoms with E-state index < -0.39 is 5.72 Å². The molecule has 1 saturated heterocycles. The van der Waals surface area contributed by atoms with Crippen molar-refractivity contribution in [3.8, 4) is 0 Å². The number of ether oxygens (including phenoxy) is 1. The summed E-state index contributed by atoms with van der Waals surface area (Å²) in [6.45, 7) is 9.90. The van der Waals surface area contributed by atoms with Crippen molar-refractivity contribution < 1.29 is 9.53 Å². The van der Waals surface area contributed by atoms with Crippen molar-refractivity contribution >= 4 is 5.91 Å². The quantitative estimate of drug-likeness (QED) is 0.796. The lowest BCUT2D eigenvalue weighted by Gasteiger charge is -2.33. The van der Waals surface area contributed by atoms with E-state index >= 15 is 0 Å². The lowest BCUT2D eigenvalue weighted by atomic mass is 9.92. The summed E-state index contributed by atoms with van der Waals surface area (Å²) in [6, 6.07) is 10.3. The Morgan fingerprint density at radius 3 is 2.43 bits per heavy atom. The van der Waals surface area contributed by atoms with Gasteiger partial charge in [-0.3, -0.25) is 4.79 Å². The van der Waals surface area contributed by atoms with E-state index in [2.05, 4.69) is 26.0 Å². The highest BCUT2D eigenvalue weighted by Crippen LogP contribution is 2.40. The standard InChI is InChI=1S/C18H25NO2/c1-6-10-16(20)19-15(13-14-11-8-7-9-12-14)17(2,3)21-18(19,4)5/h6-12,15H,13H2,1-5H3/b10-6+/t15-/m0/s1. The summed E-state index contributed by atoms with van der Waals surface area (Å²) in [6.07, 6.45) is 4.19. The molecule has 0 bridgehead atoms. The summed E-state index contributed by atoms with van der Waals surface area (Å²) in [7, 11) is 0. The number of hydrogen-bond acceptors (Lipinski definition) is 2. The number of carbonyl (C=O) groups excluding carboxylic acids is 1. The van der Waals surface area contributed by atoms with Crippen LogP contribution in [0.3, 0.4) is 0 Å². The summed E-state index contributed by atoms with van der Waals surface area (Å²) >= 11 is 0. The molecule has 21 heavy (non-hydrogen) atoms. The Balaban J connectivity index is 2.35. The SMILES string of the molecule is C/C=C/C(=O)N1[C@@H](Cc2ccccc2)C(C)(C)OC1(C)C. The van der Waals surface area contributed by atoms with Crippen LogP contribution < -0.4 is 0 Å². The van der Waals surface area contributed by atoms with Crippen molar-refractivity contribution in [2.45, 2.75) is 58.4 Å². The fraction of sp³-hybridized carbons (Fsp3) is 0.500. The number of carbonyl (C=O) groups is 1. The Kier molecular flexibility index (Phi) is 4.24. The van der Waals surface area contributed by atoms with Crippen molar-refractivity contribution in [1.29, 1.82) is 0 Å². The molecule has 1 fully saturated rings. The Bertz CT molecular complexity index is 531. The molecule has 0 radical (unpaired) electrons. The number of nitrogens with zero attached hydrogens (tertiary/aromatic N) is 1. The molecule has 0 aromatic heterocycles. The first-order valence-corrected chi connectivity index (χ1v) is 7.48. The van der Waals surface area contributed by atoms with E-state index in [0.29, 0.717) is 0 Å². The van der Waals surface area contributed by atoms with Gasteiger partial charge in [0.1, 0.15) is 5.72 Å². The largest absolute Gasteiger partial charge is 0.348 e. The van der Waals surface area contributed by atoms with Crippen LogP contribution in [0.25, 0.3) is 0 Å². The van der Waals surface area contributed by atoms with Crippen LogP contribution in [0.5, 0.6) is 0 Å². The minimum absolute atomic E-state index is 0.00834. The van der Waals surface area contributed by atoms with Crippen LogP contribution in [0.15, 0.2) is 42.5 Å². The van der Waals surface area contributed by atoms with Crippen molar-refractivity contribution in [2.24, 2.45) is 0 Å². The van der Waals surface area contributed by atoms with E-state index in [9.17, 15) is 4.79 Å². The highest BCUT2D eigenvalue weighted by molar-refractivity contribution is 5.88. The van der Waals surface area contributed by atoms with E-state index in [4.69, 9.17) is 4.74 Å². The first kappa shape index (κ1) is 15.8. The molecule has 114 valence electrons. The molecule has 3 heteroatoms. The number of benzene rings is 1. The monoisotopic (exact) mass is 287 g/mol. The van der Waals surface area contributed by atoms with Crippen LogP contribution in [-0.4, -0.2) is 28.2 Å². The maximum Gasteiger partial charge on any atom is 0.248 e. The average Bonchev–Trinajstić information content (AvgIpc) is 2.55. The molecule has 1 heterocycles. The van der Waals surface area contributed by atoms with E-state index in [0.717, 1.165) is 6.42 Å². The van der Waals surface area contributed by atoms with Gasteiger partial charge in [-0.05, 0) is 52.7 Å². The van der Waals surface area contributed by atoms with E-state index in [1.807, 2.05) is 43.9 Å². The van der Waals surface area contributed by atoms with E-state index in [-0.39, 0.29) is 17.6 Å². The summed E-state index contributed by atoms with van der Waals surface area (Å²) in [4.78, 5) is 14.4. The Labute approximate surface area is 127 Å². The van der Waals surface area contributed by atoms with Crippen LogP contribution in [0.2, 0.25) is 0 Å². The molecule has 1 amide bonds. The minimum Gasteiger partial charge on any atom is -0.348 e. The molecular formula is C18H25NO2. The maximum atomic E-state index is 12.5. The summed E-state index contributed by atoms with van der Waals surface area (Å²) in [5.41, 5.74) is 0.242. The fourth-order valence-electron chi connectivity index (χ4n) is 3.26. The molecule has 1 aliphatic rings. The van der Waals surface area contributed by atoms with Gasteiger partial charge in [0.05, 0.1) is 11.6 Å². The van der Waals surface area contributed by atoms with Crippen LogP contribution in [0, 0.1) is 0 Å². The Morgan fingerprint density at radius 1 is 1.24 bits per heavy atom. The number of amides is 1. The molecule has 3 nitrogen and oxygen atoms in total. The number of rotatable bonds is 3. The smallest absolute Gasteiger partial charge is 0.248 e. The predicted octanol–water partition coefficient (Wildman–Crippen LogP) is 3.55. The van der Waals surface area contributed by atoms with Gasteiger partial charge in [-0.15, -0.1) is 0 Å². The van der Waals surface area contributed by atoms with Gasteiger partial charge in [0.2, 0.25) is 5.91 Å². The number of allylic oxidation sites excluding steroid dienone is 1. The minimum atomic E-state index is -0.598. The van der Waals surface area contributed by atoms with Crippen LogP contribution in [0.1, 0.15) is 40.2 Å². The zero-order valence-corrected chi connectivity index (χ0v) is 13.6. The van der Waals surface area contributed by atoms with E-state index in [1.54, 1.807) is 12.2 Å². The zero-order chi connectivity index (χ0) is 15.7. The van der Waals surface area contributed by atoms with Gasteiger partial charge in [0, 0.05) is 0 Å². The van der Waals surface area contributed by atoms with Gasteiger partial charge in [-0.25, -0.2) is 0 Å². The van der Waals surface area contributed by atoms with Gasteiger partial charge in [0.25, 0.3) is 0 Å². The number of hydrogen-bond donors (Lipinski definition) is 0. The van der Waals surface area contributed by atoms with Gasteiger partial charge >= 0.3 is 0 Å². The second-order valence-electron chi connectivity index (χ2n) is 6.57. The van der Waals surface area contributed by atoms with Crippen molar-refractivity contribution in [3.63, 3.8) is 0 Å². The molecule has 1 aromatic carbocycles. The third-order valence-electron chi connectivity index (χ3n) is 4.03. The summed E-state index contributed by atoms with van der Waals surface area (Å²) in [5, 5.41) is 0. The second kappa shape index (κ2) is 5.64. The molecule has 0 aliphatic carbocycles. The zero-order valence-electron chi connectivity index (χ0n) is 13.6. The fourth-order valence-corrected chi connectivity index (χ4v) is 3.26. The maximum absolute atomic E-state index is 12.5. The molecule has 0 N–H and O–H groups in total. The third-order valence-corrected chi connectivity index (χ3v) is 4.03. The van der Waals surface area contributed by atoms with E-state index in [1.165, 1.54) is 5.56 Å². The molecule has 1 aromatic rings. The molecule has 0 saturated carbocycles. The normalized spacial score (nSPS) is 23.7. The van der Waals surface area contributed by atoms with Crippen LogP contribution in [-0.2, 0) is 16.0 Å². The molecule has 2 rings (SSSR count). The van der Waals surface area contributed by atoms with Crippen LogP contribution >= 0.6 is 0 Å². The Morgan fingerprint density at radius 2 is 1.86 bits per heavy atom. The highest BCUT2D eigenvalue weighted by atomic mass is 16.6. The average molecular weight is 287 g/mol. The topological polar surface area (TPSA) is 29.5 Å². The highest BCUT2D eigenvalue weighted by Gasteiger charge is 2.53. The van der Waals surface area contributed by atoms with Crippen molar-refractivity contribution in [2.75, 3.05) is 0 Å². The molecule has 0 unspecified atom stereocenters. The molecule has 0 spiro atoms. The van der Waals surface area contributed by atoms with Crippen molar-refractivity contribution in [3.05, 3.63) is 48.0 Å². The lowest BCUT2D eigenvalue weighted by molar-refractivity contribution is -0.144. The van der Waals surface area contributed by atoms with Gasteiger partial charge in [-0.1, -0.05) is 36.4 Å². The first-order valence-electron chi connectivity index (χ1n) is 7.48. The summed E-state index contributed by atoms with van der Waals surface area (Å²) < 4.78 is 6.17. The Hall–Kier alpha value is -1.61. The molecular weight excluding hydrogens is 262 g/mol. The van der Waals surface area contributed by atoms with Crippen molar-refractivity contribution in [1.82, 2.24) is 4.90 Å². The molecule has 1 aliphatic heterocycles.